The molecule has 7 nitrogen and oxygen atoms in total. The Morgan fingerprint density at radius 3 is 2.39 bits per heavy atom. The third-order valence-electron chi connectivity index (χ3n) is 4.43. The monoisotopic (exact) mass is 394 g/mol. The molecule has 0 saturated carbocycles. The number of rotatable bonds is 13. The van der Waals surface area contributed by atoms with Crippen LogP contribution in [0.2, 0.25) is 0 Å². The quantitative estimate of drug-likeness (QED) is 0.268. The average Bonchev–Trinajstić information content (AvgIpc) is 2.71. The summed E-state index contributed by atoms with van der Waals surface area (Å²) in [6, 6.07) is 7.14. The van der Waals surface area contributed by atoms with Crippen molar-refractivity contribution in [1.29, 1.82) is 0 Å². The zero-order chi connectivity index (χ0) is 20.9. The fourth-order valence-corrected chi connectivity index (χ4v) is 2.69. The molecular weight excluding hydrogens is 364 g/mol. The molecule has 156 valence electrons. The van der Waals surface area contributed by atoms with Gasteiger partial charge in [0.15, 0.2) is 0 Å². The number of aliphatic carboxylic acids is 1. The van der Waals surface area contributed by atoms with E-state index in [2.05, 4.69) is 0 Å². The van der Waals surface area contributed by atoms with E-state index in [1.165, 1.54) is 0 Å². The number of esters is 1. The van der Waals surface area contributed by atoms with E-state index in [1.807, 2.05) is 6.92 Å². The van der Waals surface area contributed by atoms with E-state index in [1.54, 1.807) is 37.5 Å². The number of hydrogen-bond acceptors (Lipinski definition) is 6. The number of ether oxygens (including phenoxy) is 2. The number of carboxylic acid groups (broad SMARTS) is 1. The minimum absolute atomic E-state index is 0.223. The topological polar surface area (TPSA) is 113 Å². The Morgan fingerprint density at radius 1 is 1.18 bits per heavy atom. The van der Waals surface area contributed by atoms with Gasteiger partial charge in [-0.15, -0.1) is 0 Å². The fourth-order valence-electron chi connectivity index (χ4n) is 2.69. The minimum atomic E-state index is -1.07. The SMILES string of the molecule is CCC(CCCCC(=Cc1ccc(OC)cc1)C(=O)O)C(=O)OCC(O)CO. The van der Waals surface area contributed by atoms with Crippen molar-refractivity contribution in [3.8, 4) is 5.75 Å². The maximum absolute atomic E-state index is 12.0. The minimum Gasteiger partial charge on any atom is -0.497 e. The van der Waals surface area contributed by atoms with E-state index in [9.17, 15) is 19.8 Å². The number of carboxylic acids is 1. The van der Waals surface area contributed by atoms with Crippen LogP contribution in [0.4, 0.5) is 0 Å². The van der Waals surface area contributed by atoms with E-state index < -0.39 is 24.6 Å². The Hall–Kier alpha value is -2.38. The van der Waals surface area contributed by atoms with Crippen molar-refractivity contribution in [3.63, 3.8) is 0 Å². The molecule has 0 aliphatic heterocycles. The molecule has 0 aliphatic carbocycles. The standard InChI is InChI=1S/C21H30O7/c1-3-16(21(26)28-14-18(23)13-22)6-4-5-7-17(20(24)25)12-15-8-10-19(27-2)11-9-15/h8-12,16,18,22-23H,3-7,13-14H2,1-2H3,(H,24,25). The van der Waals surface area contributed by atoms with Crippen molar-refractivity contribution in [2.24, 2.45) is 5.92 Å². The van der Waals surface area contributed by atoms with E-state index in [-0.39, 0.29) is 12.5 Å². The Kier molecular flexibility index (Phi) is 10.9. The highest BCUT2D eigenvalue weighted by atomic mass is 16.5. The molecule has 0 bridgehead atoms. The van der Waals surface area contributed by atoms with E-state index in [0.29, 0.717) is 43.4 Å². The van der Waals surface area contributed by atoms with Crippen LogP contribution in [-0.2, 0) is 14.3 Å². The van der Waals surface area contributed by atoms with Gasteiger partial charge in [0.05, 0.1) is 19.6 Å². The first-order valence-electron chi connectivity index (χ1n) is 9.44. The highest BCUT2D eigenvalue weighted by Gasteiger charge is 2.19. The molecular formula is C21H30O7. The van der Waals surface area contributed by atoms with Gasteiger partial charge >= 0.3 is 11.9 Å². The highest BCUT2D eigenvalue weighted by Crippen LogP contribution is 2.20. The van der Waals surface area contributed by atoms with Gasteiger partial charge in [0.25, 0.3) is 0 Å². The molecule has 2 atom stereocenters. The van der Waals surface area contributed by atoms with Crippen molar-refractivity contribution in [2.75, 3.05) is 20.3 Å². The number of aliphatic hydroxyl groups is 2. The van der Waals surface area contributed by atoms with Gasteiger partial charge in [0, 0.05) is 5.57 Å². The van der Waals surface area contributed by atoms with Gasteiger partial charge in [-0.1, -0.05) is 25.5 Å². The maximum Gasteiger partial charge on any atom is 0.331 e. The number of carbonyl (C=O) groups excluding carboxylic acids is 1. The lowest BCUT2D eigenvalue weighted by Gasteiger charge is -2.15. The lowest BCUT2D eigenvalue weighted by atomic mass is 9.97. The molecule has 0 radical (unpaired) electrons. The van der Waals surface area contributed by atoms with Crippen LogP contribution >= 0.6 is 0 Å². The molecule has 1 aromatic rings. The first-order valence-corrected chi connectivity index (χ1v) is 9.44. The molecule has 1 aromatic carbocycles. The van der Waals surface area contributed by atoms with Crippen LogP contribution in [0.15, 0.2) is 29.8 Å². The van der Waals surface area contributed by atoms with Crippen molar-refractivity contribution in [3.05, 3.63) is 35.4 Å². The summed E-state index contributed by atoms with van der Waals surface area (Å²) in [4.78, 5) is 23.5. The molecule has 0 saturated heterocycles. The molecule has 0 aromatic heterocycles. The van der Waals surface area contributed by atoms with Crippen LogP contribution in [0.25, 0.3) is 6.08 Å². The Bertz CT molecular complexity index is 637. The smallest absolute Gasteiger partial charge is 0.331 e. The molecule has 0 heterocycles. The van der Waals surface area contributed by atoms with Crippen LogP contribution in [-0.4, -0.2) is 53.7 Å². The third-order valence-corrected chi connectivity index (χ3v) is 4.43. The van der Waals surface area contributed by atoms with Gasteiger partial charge in [0.2, 0.25) is 0 Å². The van der Waals surface area contributed by atoms with Crippen molar-refractivity contribution in [2.45, 2.75) is 45.1 Å². The number of benzene rings is 1. The number of hydrogen-bond donors (Lipinski definition) is 3. The third kappa shape index (κ3) is 8.54. The summed E-state index contributed by atoms with van der Waals surface area (Å²) < 4.78 is 10.1. The summed E-state index contributed by atoms with van der Waals surface area (Å²) in [5.74, 6) is -0.953. The molecule has 0 aliphatic rings. The van der Waals surface area contributed by atoms with Gasteiger partial charge in [-0.3, -0.25) is 4.79 Å². The fraction of sp³-hybridized carbons (Fsp3) is 0.524. The van der Waals surface area contributed by atoms with E-state index in [0.717, 1.165) is 5.56 Å². The van der Waals surface area contributed by atoms with Crippen molar-refractivity contribution >= 4 is 18.0 Å². The second kappa shape index (κ2) is 12.9. The number of aliphatic hydroxyl groups excluding tert-OH is 2. The number of methoxy groups -OCH3 is 1. The van der Waals surface area contributed by atoms with Gasteiger partial charge in [-0.2, -0.15) is 0 Å². The Labute approximate surface area is 165 Å². The predicted molar refractivity (Wildman–Crippen MR) is 105 cm³/mol. The van der Waals surface area contributed by atoms with E-state index in [4.69, 9.17) is 14.6 Å². The van der Waals surface area contributed by atoms with Crippen LogP contribution in [0, 0.1) is 5.92 Å². The molecule has 7 heteroatoms. The predicted octanol–water partition coefficient (Wildman–Crippen LogP) is 2.65. The molecule has 28 heavy (non-hydrogen) atoms. The average molecular weight is 394 g/mol. The zero-order valence-electron chi connectivity index (χ0n) is 16.5. The number of carbonyl (C=O) groups is 2. The highest BCUT2D eigenvalue weighted by molar-refractivity contribution is 5.92. The van der Waals surface area contributed by atoms with Crippen molar-refractivity contribution in [1.82, 2.24) is 0 Å². The zero-order valence-corrected chi connectivity index (χ0v) is 16.5. The van der Waals surface area contributed by atoms with Crippen molar-refractivity contribution < 1.29 is 34.4 Å². The van der Waals surface area contributed by atoms with Crippen LogP contribution < -0.4 is 4.74 Å². The second-order valence-electron chi connectivity index (χ2n) is 6.57. The molecule has 0 spiro atoms. The summed E-state index contributed by atoms with van der Waals surface area (Å²) in [6.07, 6.45) is 3.48. The molecule has 2 unspecified atom stereocenters. The Balaban J connectivity index is 2.51. The van der Waals surface area contributed by atoms with Gasteiger partial charge in [-0.05, 0) is 49.5 Å². The van der Waals surface area contributed by atoms with Crippen LogP contribution in [0.1, 0.15) is 44.6 Å². The number of unbranched alkanes of at least 4 members (excludes halogenated alkanes) is 1. The molecule has 0 amide bonds. The van der Waals surface area contributed by atoms with Gasteiger partial charge < -0.3 is 24.8 Å². The molecule has 1 rings (SSSR count). The molecule has 0 fully saturated rings. The Morgan fingerprint density at radius 2 is 1.86 bits per heavy atom. The van der Waals surface area contributed by atoms with E-state index >= 15 is 0 Å². The summed E-state index contributed by atoms with van der Waals surface area (Å²) in [5.41, 5.74) is 1.10. The first kappa shape index (κ1) is 23.7. The normalized spacial score (nSPS) is 13.6. The summed E-state index contributed by atoms with van der Waals surface area (Å²) in [5, 5.41) is 27.4. The lowest BCUT2D eigenvalue weighted by Crippen LogP contribution is -2.25. The summed E-state index contributed by atoms with van der Waals surface area (Å²) >= 11 is 0. The maximum atomic E-state index is 12.0. The van der Waals surface area contributed by atoms with Gasteiger partial charge in [-0.25, -0.2) is 4.79 Å². The second-order valence-corrected chi connectivity index (χ2v) is 6.57. The van der Waals surface area contributed by atoms with Gasteiger partial charge in [0.1, 0.15) is 18.5 Å². The largest absolute Gasteiger partial charge is 0.497 e. The first-order chi connectivity index (χ1) is 13.4. The lowest BCUT2D eigenvalue weighted by molar-refractivity contribution is -0.152. The van der Waals surface area contributed by atoms with Crippen LogP contribution in [0.5, 0.6) is 5.75 Å². The van der Waals surface area contributed by atoms with Crippen LogP contribution in [0.3, 0.4) is 0 Å². The molecule has 3 N–H and O–H groups in total. The summed E-state index contributed by atoms with van der Waals surface area (Å²) in [7, 11) is 1.57. The summed E-state index contributed by atoms with van der Waals surface area (Å²) in [6.45, 7) is 1.20.